The number of carboxylic acids is 1. The molecule has 0 bridgehead atoms. The van der Waals surface area contributed by atoms with Crippen molar-refractivity contribution in [2.24, 2.45) is 0 Å². The molecule has 0 aliphatic carbocycles. The minimum Gasteiger partial charge on any atom is -0.478 e. The average molecular weight is 401 g/mol. The van der Waals surface area contributed by atoms with Gasteiger partial charge < -0.3 is 5.11 Å². The predicted octanol–water partition coefficient (Wildman–Crippen LogP) is 4.98. The highest BCUT2D eigenvalue weighted by Gasteiger charge is 2.16. The standard InChI is InChI=1S/C23H19N3O2S/c27-23(28)19-13-11-18(12-14-19)22-21(15-17-7-3-1-4-8-17)24-25-26(22)16-29-20-9-5-2-6-10-20/h1-14H,15-16H2,(H,27,28). The van der Waals surface area contributed by atoms with Crippen LogP contribution in [0.1, 0.15) is 21.6 Å². The first-order valence-electron chi connectivity index (χ1n) is 9.18. The van der Waals surface area contributed by atoms with Crippen LogP contribution in [0.2, 0.25) is 0 Å². The molecule has 0 amide bonds. The van der Waals surface area contributed by atoms with Gasteiger partial charge in [-0.1, -0.05) is 65.9 Å². The van der Waals surface area contributed by atoms with Gasteiger partial charge in [-0.25, -0.2) is 9.48 Å². The van der Waals surface area contributed by atoms with Gasteiger partial charge in [0.1, 0.15) is 0 Å². The van der Waals surface area contributed by atoms with Crippen LogP contribution in [0.3, 0.4) is 0 Å². The van der Waals surface area contributed by atoms with Crippen LogP contribution in [-0.2, 0) is 12.3 Å². The maximum atomic E-state index is 11.2. The fraction of sp³-hybridized carbons (Fsp3) is 0.0870. The van der Waals surface area contributed by atoms with Crippen molar-refractivity contribution in [1.82, 2.24) is 15.0 Å². The molecule has 1 aromatic heterocycles. The molecule has 0 unspecified atom stereocenters. The fourth-order valence-corrected chi connectivity index (χ4v) is 3.89. The monoisotopic (exact) mass is 401 g/mol. The summed E-state index contributed by atoms with van der Waals surface area (Å²) in [6.45, 7) is 0. The van der Waals surface area contributed by atoms with Gasteiger partial charge in [0.25, 0.3) is 0 Å². The number of hydrogen-bond acceptors (Lipinski definition) is 4. The van der Waals surface area contributed by atoms with E-state index >= 15 is 0 Å². The quantitative estimate of drug-likeness (QED) is 0.442. The van der Waals surface area contributed by atoms with Crippen molar-refractivity contribution in [2.75, 3.05) is 0 Å². The molecule has 0 atom stereocenters. The number of carbonyl (C=O) groups is 1. The van der Waals surface area contributed by atoms with Crippen molar-refractivity contribution in [2.45, 2.75) is 17.2 Å². The van der Waals surface area contributed by atoms with Crippen molar-refractivity contribution in [3.63, 3.8) is 0 Å². The largest absolute Gasteiger partial charge is 0.478 e. The predicted molar refractivity (Wildman–Crippen MR) is 114 cm³/mol. The topological polar surface area (TPSA) is 68.0 Å². The Morgan fingerprint density at radius 3 is 2.21 bits per heavy atom. The van der Waals surface area contributed by atoms with E-state index in [2.05, 4.69) is 34.6 Å². The number of aromatic carboxylic acids is 1. The van der Waals surface area contributed by atoms with Crippen LogP contribution >= 0.6 is 11.8 Å². The number of rotatable bonds is 7. The molecular weight excluding hydrogens is 382 g/mol. The fourth-order valence-electron chi connectivity index (χ4n) is 3.09. The van der Waals surface area contributed by atoms with Gasteiger partial charge in [-0.3, -0.25) is 0 Å². The number of nitrogens with zero attached hydrogens (tertiary/aromatic N) is 3. The number of benzene rings is 3. The molecule has 1 heterocycles. The second kappa shape index (κ2) is 8.75. The van der Waals surface area contributed by atoms with Gasteiger partial charge in [0.05, 0.1) is 22.8 Å². The second-order valence-corrected chi connectivity index (χ2v) is 7.53. The Morgan fingerprint density at radius 1 is 0.897 bits per heavy atom. The molecule has 3 aromatic carbocycles. The Morgan fingerprint density at radius 2 is 1.55 bits per heavy atom. The van der Waals surface area contributed by atoms with E-state index < -0.39 is 5.97 Å². The van der Waals surface area contributed by atoms with E-state index in [1.54, 1.807) is 23.9 Å². The van der Waals surface area contributed by atoms with Crippen molar-refractivity contribution < 1.29 is 9.90 Å². The number of hydrogen-bond donors (Lipinski definition) is 1. The Bertz CT molecular complexity index is 1090. The molecule has 6 heteroatoms. The van der Waals surface area contributed by atoms with E-state index in [1.807, 2.05) is 53.2 Å². The molecule has 0 aliphatic rings. The van der Waals surface area contributed by atoms with Crippen LogP contribution < -0.4 is 0 Å². The summed E-state index contributed by atoms with van der Waals surface area (Å²) in [5.74, 6) is -0.325. The molecule has 0 radical (unpaired) electrons. The third kappa shape index (κ3) is 4.55. The van der Waals surface area contributed by atoms with E-state index in [0.717, 1.165) is 27.4 Å². The van der Waals surface area contributed by atoms with Gasteiger partial charge >= 0.3 is 5.97 Å². The Balaban J connectivity index is 1.68. The molecule has 0 saturated heterocycles. The second-order valence-electron chi connectivity index (χ2n) is 6.52. The third-order valence-electron chi connectivity index (χ3n) is 4.52. The van der Waals surface area contributed by atoms with Gasteiger partial charge in [-0.15, -0.1) is 16.9 Å². The van der Waals surface area contributed by atoms with Crippen LogP contribution in [0.5, 0.6) is 0 Å². The molecule has 4 rings (SSSR count). The van der Waals surface area contributed by atoms with Gasteiger partial charge in [-0.2, -0.15) is 0 Å². The summed E-state index contributed by atoms with van der Waals surface area (Å²) in [5, 5.41) is 18.0. The molecule has 0 saturated carbocycles. The first-order valence-corrected chi connectivity index (χ1v) is 10.2. The summed E-state index contributed by atoms with van der Waals surface area (Å²) < 4.78 is 1.88. The number of aromatic nitrogens is 3. The minimum absolute atomic E-state index is 0.260. The SMILES string of the molecule is O=C(O)c1ccc(-c2c(Cc3ccccc3)nnn2CSc2ccccc2)cc1. The minimum atomic E-state index is -0.938. The zero-order chi connectivity index (χ0) is 20.1. The van der Waals surface area contributed by atoms with Gasteiger partial charge in [0.2, 0.25) is 0 Å². The van der Waals surface area contributed by atoms with Crippen LogP contribution in [0, 0.1) is 0 Å². The maximum absolute atomic E-state index is 11.2. The van der Waals surface area contributed by atoms with Gasteiger partial charge in [0, 0.05) is 16.9 Å². The Labute approximate surface area is 173 Å². The maximum Gasteiger partial charge on any atom is 0.335 e. The summed E-state index contributed by atoms with van der Waals surface area (Å²) in [7, 11) is 0. The van der Waals surface area contributed by atoms with Gasteiger partial charge in [-0.05, 0) is 29.8 Å². The Hall–Kier alpha value is -3.38. The van der Waals surface area contributed by atoms with Crippen LogP contribution in [0.25, 0.3) is 11.3 Å². The summed E-state index contributed by atoms with van der Waals surface area (Å²) in [6.07, 6.45) is 0.660. The van der Waals surface area contributed by atoms with Crippen molar-refractivity contribution in [3.05, 3.63) is 102 Å². The molecule has 1 N–H and O–H groups in total. The molecule has 5 nitrogen and oxygen atoms in total. The van der Waals surface area contributed by atoms with E-state index in [4.69, 9.17) is 0 Å². The van der Waals surface area contributed by atoms with Crippen LogP contribution in [0.4, 0.5) is 0 Å². The van der Waals surface area contributed by atoms with E-state index in [-0.39, 0.29) is 5.56 Å². The third-order valence-corrected chi connectivity index (χ3v) is 5.50. The van der Waals surface area contributed by atoms with E-state index in [1.165, 1.54) is 0 Å². The van der Waals surface area contributed by atoms with Crippen LogP contribution in [0.15, 0.2) is 89.8 Å². The average Bonchev–Trinajstić information content (AvgIpc) is 3.16. The molecule has 4 aromatic rings. The van der Waals surface area contributed by atoms with Crippen molar-refractivity contribution >= 4 is 17.7 Å². The lowest BCUT2D eigenvalue weighted by molar-refractivity contribution is 0.0697. The highest BCUT2D eigenvalue weighted by Crippen LogP contribution is 2.28. The zero-order valence-electron chi connectivity index (χ0n) is 15.6. The summed E-state index contributed by atoms with van der Waals surface area (Å²) >= 11 is 1.68. The Kier molecular flexibility index (Phi) is 5.72. The smallest absolute Gasteiger partial charge is 0.335 e. The van der Waals surface area contributed by atoms with E-state index in [0.29, 0.717) is 12.3 Å². The summed E-state index contributed by atoms with van der Waals surface area (Å²) in [4.78, 5) is 12.4. The molecular formula is C23H19N3O2S. The number of thioether (sulfide) groups is 1. The molecule has 0 spiro atoms. The number of carboxylic acid groups (broad SMARTS) is 1. The van der Waals surface area contributed by atoms with Gasteiger partial charge in [0.15, 0.2) is 0 Å². The normalized spacial score (nSPS) is 10.8. The molecule has 144 valence electrons. The first-order chi connectivity index (χ1) is 14.2. The van der Waals surface area contributed by atoms with Crippen molar-refractivity contribution in [1.29, 1.82) is 0 Å². The lowest BCUT2D eigenvalue weighted by Crippen LogP contribution is -2.02. The van der Waals surface area contributed by atoms with Crippen LogP contribution in [-0.4, -0.2) is 26.1 Å². The lowest BCUT2D eigenvalue weighted by atomic mass is 10.0. The lowest BCUT2D eigenvalue weighted by Gasteiger charge is -2.09. The highest BCUT2D eigenvalue weighted by molar-refractivity contribution is 7.98. The first kappa shape index (κ1) is 19.0. The highest BCUT2D eigenvalue weighted by atomic mass is 32.2. The molecule has 0 aliphatic heterocycles. The summed E-state index contributed by atoms with van der Waals surface area (Å²) in [6, 6.07) is 27.1. The van der Waals surface area contributed by atoms with Crippen molar-refractivity contribution in [3.8, 4) is 11.3 Å². The zero-order valence-corrected chi connectivity index (χ0v) is 16.4. The molecule has 0 fully saturated rings. The molecule has 29 heavy (non-hydrogen) atoms. The van der Waals surface area contributed by atoms with E-state index in [9.17, 15) is 9.90 Å². The summed E-state index contributed by atoms with van der Waals surface area (Å²) in [5.41, 5.74) is 4.09.